The van der Waals surface area contributed by atoms with E-state index >= 15 is 0 Å². The van der Waals surface area contributed by atoms with Gasteiger partial charge in [-0.2, -0.15) is 0 Å². The number of aromatic nitrogens is 2. The molecule has 0 atom stereocenters. The average Bonchev–Trinajstić information content (AvgIpc) is 2.53. The minimum absolute atomic E-state index is 0. The Hall–Kier alpha value is -0.510. The van der Waals surface area contributed by atoms with Crippen LogP contribution in [0.4, 0.5) is 0 Å². The molecule has 1 aromatic rings. The highest BCUT2D eigenvalue weighted by atomic mass is 35.5. The molecule has 14 heavy (non-hydrogen) atoms. The zero-order valence-electron chi connectivity index (χ0n) is 8.06. The van der Waals surface area contributed by atoms with Gasteiger partial charge >= 0.3 is 0 Å². The highest BCUT2D eigenvalue weighted by Gasteiger charge is 2.08. The molecule has 0 radical (unpaired) electrons. The van der Waals surface area contributed by atoms with E-state index < -0.39 is 0 Å². The van der Waals surface area contributed by atoms with Crippen LogP contribution in [0.2, 0.25) is 0 Å². The molecule has 0 saturated heterocycles. The Bertz CT molecular complexity index is 307. The fourth-order valence-electron chi connectivity index (χ4n) is 1.50. The van der Waals surface area contributed by atoms with Gasteiger partial charge in [0.2, 0.25) is 0 Å². The van der Waals surface area contributed by atoms with E-state index in [1.807, 2.05) is 19.4 Å². The van der Waals surface area contributed by atoms with Gasteiger partial charge in [0, 0.05) is 26.0 Å². The zero-order valence-corrected chi connectivity index (χ0v) is 9.70. The Balaban J connectivity index is 0.000000845. The minimum Gasteiger partial charge on any atom is -0.334 e. The van der Waals surface area contributed by atoms with Crippen molar-refractivity contribution >= 4 is 30.4 Å². The van der Waals surface area contributed by atoms with Gasteiger partial charge in [0.05, 0.1) is 0 Å². The predicted molar refractivity (Wildman–Crippen MR) is 63.2 cm³/mol. The van der Waals surface area contributed by atoms with Crippen LogP contribution in [-0.4, -0.2) is 22.6 Å². The lowest BCUT2D eigenvalue weighted by atomic mass is 10.1. The second kappa shape index (κ2) is 6.06. The van der Waals surface area contributed by atoms with E-state index in [0.717, 1.165) is 25.3 Å². The minimum atomic E-state index is 0. The highest BCUT2D eigenvalue weighted by molar-refractivity contribution is 5.85. The standard InChI is InChI=1S/C9H13N3.2ClH/c1-12-7-6-11-9(12)8-2-4-10-5-3-8;;/h2,6-7,10H,3-5H2,1H3;2*1H. The number of rotatable bonds is 1. The van der Waals surface area contributed by atoms with Crippen molar-refractivity contribution < 1.29 is 0 Å². The molecule has 1 aromatic heterocycles. The monoisotopic (exact) mass is 235 g/mol. The third-order valence-electron chi connectivity index (χ3n) is 2.17. The molecule has 80 valence electrons. The lowest BCUT2D eigenvalue weighted by molar-refractivity contribution is 0.728. The molecule has 0 unspecified atom stereocenters. The van der Waals surface area contributed by atoms with Gasteiger partial charge in [-0.3, -0.25) is 0 Å². The Kier molecular flexibility index (Phi) is 5.84. The maximum atomic E-state index is 4.31. The fraction of sp³-hybridized carbons (Fsp3) is 0.444. The second-order valence-corrected chi connectivity index (χ2v) is 3.05. The van der Waals surface area contributed by atoms with Crippen molar-refractivity contribution in [1.82, 2.24) is 14.9 Å². The Morgan fingerprint density at radius 3 is 2.71 bits per heavy atom. The first-order chi connectivity index (χ1) is 5.88. The van der Waals surface area contributed by atoms with Crippen LogP contribution < -0.4 is 5.32 Å². The predicted octanol–water partition coefficient (Wildman–Crippen LogP) is 1.64. The molecular weight excluding hydrogens is 221 g/mol. The summed E-state index contributed by atoms with van der Waals surface area (Å²) >= 11 is 0. The largest absolute Gasteiger partial charge is 0.334 e. The number of halogens is 2. The maximum Gasteiger partial charge on any atom is 0.135 e. The molecule has 0 fully saturated rings. The molecule has 1 N–H and O–H groups in total. The average molecular weight is 236 g/mol. The van der Waals surface area contributed by atoms with E-state index in [9.17, 15) is 0 Å². The normalized spacial score (nSPS) is 15.1. The molecule has 5 heteroatoms. The smallest absolute Gasteiger partial charge is 0.135 e. The van der Waals surface area contributed by atoms with E-state index in [2.05, 4.69) is 20.9 Å². The zero-order chi connectivity index (χ0) is 8.39. The molecule has 2 rings (SSSR count). The summed E-state index contributed by atoms with van der Waals surface area (Å²) < 4.78 is 2.07. The lowest BCUT2D eigenvalue weighted by Crippen LogP contribution is -2.20. The fourth-order valence-corrected chi connectivity index (χ4v) is 1.50. The first-order valence-corrected chi connectivity index (χ1v) is 4.25. The molecular formula is C9H15Cl2N3. The molecule has 1 aliphatic heterocycles. The van der Waals surface area contributed by atoms with E-state index in [0.29, 0.717) is 0 Å². The number of hydrogen-bond donors (Lipinski definition) is 1. The summed E-state index contributed by atoms with van der Waals surface area (Å²) in [5.41, 5.74) is 1.36. The van der Waals surface area contributed by atoms with Gasteiger partial charge in [0.25, 0.3) is 0 Å². The van der Waals surface area contributed by atoms with Gasteiger partial charge in [0.15, 0.2) is 0 Å². The molecule has 0 amide bonds. The molecule has 0 saturated carbocycles. The summed E-state index contributed by atoms with van der Waals surface area (Å²) in [6, 6.07) is 0. The third kappa shape index (κ3) is 2.74. The van der Waals surface area contributed by atoms with Crippen LogP contribution in [0, 0.1) is 0 Å². The van der Waals surface area contributed by atoms with Crippen molar-refractivity contribution in [3.8, 4) is 0 Å². The van der Waals surface area contributed by atoms with Crippen LogP contribution in [0.25, 0.3) is 5.57 Å². The summed E-state index contributed by atoms with van der Waals surface area (Å²) in [6.07, 6.45) is 7.13. The van der Waals surface area contributed by atoms with Crippen molar-refractivity contribution in [2.75, 3.05) is 13.1 Å². The summed E-state index contributed by atoms with van der Waals surface area (Å²) in [5.74, 6) is 1.11. The van der Waals surface area contributed by atoms with Crippen LogP contribution in [-0.2, 0) is 7.05 Å². The van der Waals surface area contributed by atoms with E-state index in [1.165, 1.54) is 5.57 Å². The molecule has 3 nitrogen and oxygen atoms in total. The quantitative estimate of drug-likeness (QED) is 0.803. The molecule has 0 aliphatic carbocycles. The van der Waals surface area contributed by atoms with Crippen molar-refractivity contribution in [2.24, 2.45) is 7.05 Å². The van der Waals surface area contributed by atoms with Gasteiger partial charge in [0.1, 0.15) is 5.82 Å². The summed E-state index contributed by atoms with van der Waals surface area (Å²) in [6.45, 7) is 2.04. The number of nitrogens with zero attached hydrogens (tertiary/aromatic N) is 2. The van der Waals surface area contributed by atoms with Crippen LogP contribution >= 0.6 is 24.8 Å². The summed E-state index contributed by atoms with van der Waals surface area (Å²) in [5, 5.41) is 3.28. The van der Waals surface area contributed by atoms with Crippen molar-refractivity contribution in [1.29, 1.82) is 0 Å². The van der Waals surface area contributed by atoms with Crippen LogP contribution in [0.15, 0.2) is 18.5 Å². The number of hydrogen-bond acceptors (Lipinski definition) is 2. The Morgan fingerprint density at radius 1 is 1.43 bits per heavy atom. The molecule has 2 heterocycles. The van der Waals surface area contributed by atoms with Gasteiger partial charge in [-0.1, -0.05) is 6.08 Å². The number of nitrogens with one attached hydrogen (secondary N) is 1. The van der Waals surface area contributed by atoms with Crippen LogP contribution in [0.3, 0.4) is 0 Å². The van der Waals surface area contributed by atoms with Crippen molar-refractivity contribution in [3.05, 3.63) is 24.3 Å². The van der Waals surface area contributed by atoms with Crippen molar-refractivity contribution in [2.45, 2.75) is 6.42 Å². The van der Waals surface area contributed by atoms with Crippen LogP contribution in [0.5, 0.6) is 0 Å². The maximum absolute atomic E-state index is 4.31. The van der Waals surface area contributed by atoms with Gasteiger partial charge in [-0.05, 0) is 18.5 Å². The SMILES string of the molecule is Cl.Cl.Cn1ccnc1C1=CCNCC1. The number of aryl methyl sites for hydroxylation is 1. The first kappa shape index (κ1) is 13.5. The molecule has 0 bridgehead atoms. The Morgan fingerprint density at radius 2 is 2.21 bits per heavy atom. The summed E-state index contributed by atoms with van der Waals surface area (Å²) in [4.78, 5) is 4.31. The van der Waals surface area contributed by atoms with E-state index in [1.54, 1.807) is 0 Å². The van der Waals surface area contributed by atoms with Crippen molar-refractivity contribution in [3.63, 3.8) is 0 Å². The van der Waals surface area contributed by atoms with Gasteiger partial charge < -0.3 is 9.88 Å². The molecule has 1 aliphatic rings. The van der Waals surface area contributed by atoms with Gasteiger partial charge in [-0.15, -0.1) is 24.8 Å². The molecule has 0 aromatic carbocycles. The first-order valence-electron chi connectivity index (χ1n) is 4.25. The number of imidazole rings is 1. The molecule has 0 spiro atoms. The third-order valence-corrected chi connectivity index (χ3v) is 2.17. The summed E-state index contributed by atoms with van der Waals surface area (Å²) in [7, 11) is 2.03. The topological polar surface area (TPSA) is 29.9 Å². The van der Waals surface area contributed by atoms with Gasteiger partial charge in [-0.25, -0.2) is 4.98 Å². The van der Waals surface area contributed by atoms with E-state index in [-0.39, 0.29) is 24.8 Å². The second-order valence-electron chi connectivity index (χ2n) is 3.05. The Labute approximate surface area is 96.4 Å². The van der Waals surface area contributed by atoms with Crippen LogP contribution in [0.1, 0.15) is 12.2 Å². The van der Waals surface area contributed by atoms with E-state index in [4.69, 9.17) is 0 Å². The highest BCUT2D eigenvalue weighted by Crippen LogP contribution is 2.16. The lowest BCUT2D eigenvalue weighted by Gasteiger charge is -2.13.